The number of unbranched alkanes of at least 4 members (excludes halogenated alkanes) is 7. The molecule has 0 aliphatic rings. The summed E-state index contributed by atoms with van der Waals surface area (Å²) in [6.45, 7) is 3.44. The Labute approximate surface area is 266 Å². The number of aliphatic hydroxyl groups is 1. The largest absolute Gasteiger partial charge is 0.450 e. The average Bonchev–Trinajstić information content (AvgIpc) is 3.00. The van der Waals surface area contributed by atoms with Gasteiger partial charge in [-0.15, -0.1) is 11.6 Å². The number of hydrogen-bond donors (Lipinski definition) is 3. The van der Waals surface area contributed by atoms with Crippen LogP contribution in [0.4, 0.5) is 4.79 Å². The lowest BCUT2D eigenvalue weighted by molar-refractivity contribution is -0.121. The second kappa shape index (κ2) is 46.2. The summed E-state index contributed by atoms with van der Waals surface area (Å²) < 4.78 is 9.39. The number of alkyl carbamates (subject to hydrolysis) is 1. The number of rotatable bonds is 25. The molecule has 2 amide bonds. The predicted octanol–water partition coefficient (Wildman–Crippen LogP) is 6.19. The van der Waals surface area contributed by atoms with Crippen LogP contribution in [0.3, 0.4) is 0 Å². The van der Waals surface area contributed by atoms with E-state index >= 15 is 0 Å². The fourth-order valence-electron chi connectivity index (χ4n) is 2.89. The van der Waals surface area contributed by atoms with Crippen molar-refractivity contribution in [3.63, 3.8) is 0 Å². The number of alkyl halides is 1. The number of isocyanates is 1. The highest BCUT2D eigenvalue weighted by molar-refractivity contribution is 6.17. The molecular weight excluding hydrogens is 596 g/mol. The van der Waals surface area contributed by atoms with E-state index in [4.69, 9.17) is 37.8 Å². The van der Waals surface area contributed by atoms with Crippen molar-refractivity contribution in [2.75, 3.05) is 58.4 Å². The number of amides is 2. The quantitative estimate of drug-likeness (QED) is 0.0151. The molecule has 3 N–H and O–H groups in total. The van der Waals surface area contributed by atoms with Gasteiger partial charge in [0.05, 0.1) is 13.2 Å². The van der Waals surface area contributed by atoms with E-state index in [1.54, 1.807) is 6.26 Å². The third-order valence-corrected chi connectivity index (χ3v) is 5.32. The first-order valence-electron chi connectivity index (χ1n) is 14.4. The number of ether oxygens (including phenoxy) is 2. The lowest BCUT2D eigenvalue weighted by atomic mass is 10.2. The zero-order valence-corrected chi connectivity index (χ0v) is 25.8. The molecule has 252 valence electrons. The van der Waals surface area contributed by atoms with Crippen molar-refractivity contribution in [1.29, 1.82) is 5.26 Å². The van der Waals surface area contributed by atoms with Gasteiger partial charge in [-0.1, -0.05) is 36.9 Å². The Kier molecular flexibility index (Phi) is 49.6. The molecule has 0 fully saturated rings. The van der Waals surface area contributed by atoms with Crippen LogP contribution >= 0.6 is 11.6 Å². The molecule has 0 aliphatic carbocycles. The van der Waals surface area contributed by atoms with Crippen molar-refractivity contribution in [2.45, 2.75) is 90.9 Å². The van der Waals surface area contributed by atoms with E-state index in [2.05, 4.69) is 40.4 Å². The lowest BCUT2D eigenvalue weighted by Crippen LogP contribution is -2.26. The van der Waals surface area contributed by atoms with Crippen molar-refractivity contribution in [3.05, 3.63) is 20.9 Å². The minimum absolute atomic E-state index is 0. The second-order valence-electron chi connectivity index (χ2n) is 8.64. The number of nitriles is 1. The van der Waals surface area contributed by atoms with Gasteiger partial charge in [-0.25, -0.2) is 14.6 Å². The maximum absolute atomic E-state index is 11.5. The Bertz CT molecular complexity index is 797. The topological polar surface area (TPSA) is 248 Å². The molecule has 0 bridgehead atoms. The van der Waals surface area contributed by atoms with Gasteiger partial charge in [0, 0.05) is 54.9 Å². The minimum Gasteiger partial charge on any atom is -0.450 e. The summed E-state index contributed by atoms with van der Waals surface area (Å²) in [6, 6.07) is 0. The number of hydrogen-bond acceptors (Lipinski definition) is 10. The van der Waals surface area contributed by atoms with Gasteiger partial charge in [-0.05, 0) is 68.8 Å². The molecular formula is C27H51ClN10O6. The van der Waals surface area contributed by atoms with Crippen molar-refractivity contribution < 1.29 is 29.0 Å². The monoisotopic (exact) mass is 646 g/mol. The fraction of sp³-hybridized carbons (Fsp3) is 0.852. The normalized spacial score (nSPS) is 8.84. The maximum atomic E-state index is 11.5. The first kappa shape index (κ1) is 47.2. The first-order chi connectivity index (χ1) is 21.0. The lowest BCUT2D eigenvalue weighted by Gasteiger charge is -2.07. The standard InChI is InChI=1S/C15H28N8O3.C8H12N2O2.C3H7ClO.CH4/c16-22-20-11-6-3-8-14(24)18-9-4-1-2-5-10-19-15(25)26-13-7-12-21-23-17;9-7-12-6-4-2-1-3-5-10-8-11;4-2-1-3-5;/h1-13H2,(H,18,24)(H,19,25);1-6H2;5H,1-3H2;1H4. The highest BCUT2D eigenvalue weighted by atomic mass is 35.5. The van der Waals surface area contributed by atoms with E-state index in [1.807, 2.05) is 0 Å². The number of halogens is 1. The third kappa shape index (κ3) is 51.1. The number of carbonyl (C=O) groups excluding carboxylic acids is 3. The summed E-state index contributed by atoms with van der Waals surface area (Å²) in [7, 11) is 0. The zero-order chi connectivity index (χ0) is 32.5. The summed E-state index contributed by atoms with van der Waals surface area (Å²) in [5.74, 6) is 0.590. The molecule has 17 heteroatoms. The summed E-state index contributed by atoms with van der Waals surface area (Å²) in [5.41, 5.74) is 16.2. The van der Waals surface area contributed by atoms with E-state index in [1.165, 1.54) is 6.08 Å². The van der Waals surface area contributed by atoms with Gasteiger partial charge in [0.15, 0.2) is 0 Å². The maximum Gasteiger partial charge on any atom is 0.407 e. The molecule has 0 saturated heterocycles. The van der Waals surface area contributed by atoms with Gasteiger partial charge in [-0.2, -0.15) is 5.26 Å². The zero-order valence-electron chi connectivity index (χ0n) is 25.0. The van der Waals surface area contributed by atoms with Crippen LogP contribution in [0.15, 0.2) is 15.2 Å². The molecule has 0 spiro atoms. The van der Waals surface area contributed by atoms with Gasteiger partial charge in [-0.3, -0.25) is 4.79 Å². The second-order valence-corrected chi connectivity index (χ2v) is 9.02. The summed E-state index contributed by atoms with van der Waals surface area (Å²) in [6.07, 6.45) is 13.2. The van der Waals surface area contributed by atoms with Gasteiger partial charge in [0.25, 0.3) is 6.26 Å². The summed E-state index contributed by atoms with van der Waals surface area (Å²) in [5, 5.41) is 28.3. The molecule has 0 unspecified atom stereocenters. The number of aliphatic imine (C=N–C) groups is 1. The van der Waals surface area contributed by atoms with E-state index in [-0.39, 0.29) is 26.5 Å². The van der Waals surface area contributed by atoms with E-state index in [9.17, 15) is 14.4 Å². The van der Waals surface area contributed by atoms with Crippen molar-refractivity contribution in [1.82, 2.24) is 10.6 Å². The highest BCUT2D eigenvalue weighted by Gasteiger charge is 2.02. The van der Waals surface area contributed by atoms with Crippen molar-refractivity contribution >= 4 is 29.7 Å². The smallest absolute Gasteiger partial charge is 0.407 e. The van der Waals surface area contributed by atoms with Crippen LogP contribution in [0.5, 0.6) is 0 Å². The van der Waals surface area contributed by atoms with E-state index < -0.39 is 6.09 Å². The first-order valence-corrected chi connectivity index (χ1v) is 15.0. The summed E-state index contributed by atoms with van der Waals surface area (Å²) in [4.78, 5) is 41.2. The van der Waals surface area contributed by atoms with E-state index in [0.717, 1.165) is 64.2 Å². The van der Waals surface area contributed by atoms with Crippen LogP contribution in [0.2, 0.25) is 0 Å². The van der Waals surface area contributed by atoms with Crippen molar-refractivity contribution in [3.8, 4) is 6.26 Å². The van der Waals surface area contributed by atoms with Crippen LogP contribution in [-0.4, -0.2) is 81.6 Å². The Morgan fingerprint density at radius 2 is 1.41 bits per heavy atom. The third-order valence-electron chi connectivity index (χ3n) is 5.06. The van der Waals surface area contributed by atoms with Gasteiger partial charge in [0.1, 0.15) is 6.61 Å². The molecule has 16 nitrogen and oxygen atoms in total. The molecule has 44 heavy (non-hydrogen) atoms. The minimum atomic E-state index is -0.460. The Balaban J connectivity index is -0.000000367. The molecule has 0 aliphatic heterocycles. The molecule has 0 radical (unpaired) electrons. The predicted molar refractivity (Wildman–Crippen MR) is 169 cm³/mol. The molecule has 0 aromatic carbocycles. The highest BCUT2D eigenvalue weighted by Crippen LogP contribution is 2.01. The van der Waals surface area contributed by atoms with Crippen LogP contribution in [0.25, 0.3) is 20.9 Å². The molecule has 0 aromatic rings. The number of azide groups is 2. The molecule has 0 atom stereocenters. The molecule has 0 aromatic heterocycles. The van der Waals surface area contributed by atoms with E-state index in [0.29, 0.717) is 64.5 Å². The summed E-state index contributed by atoms with van der Waals surface area (Å²) >= 11 is 5.14. The Morgan fingerprint density at radius 1 is 0.818 bits per heavy atom. The Hall–Kier alpha value is -3.72. The van der Waals surface area contributed by atoms with Crippen LogP contribution in [0.1, 0.15) is 90.9 Å². The fourth-order valence-corrected chi connectivity index (χ4v) is 3.01. The van der Waals surface area contributed by atoms with Crippen LogP contribution in [-0.2, 0) is 19.1 Å². The number of carbonyl (C=O) groups is 2. The number of aliphatic hydroxyl groups excluding tert-OH is 1. The van der Waals surface area contributed by atoms with Gasteiger partial charge >= 0.3 is 6.09 Å². The molecule has 0 heterocycles. The molecule has 0 saturated carbocycles. The average molecular weight is 647 g/mol. The Morgan fingerprint density at radius 3 is 1.98 bits per heavy atom. The number of nitrogens with one attached hydrogen (secondary N) is 2. The van der Waals surface area contributed by atoms with Crippen LogP contribution < -0.4 is 10.6 Å². The number of nitrogens with zero attached hydrogens (tertiary/aromatic N) is 8. The SMILES string of the molecule is C.N#COCCCCCCN=C=O.OCCCCl.[N-]=[N+]=NCCCCC(=O)NCCCCCCNC(=O)OCCCN=[N+]=[N-]. The van der Waals surface area contributed by atoms with Crippen molar-refractivity contribution in [2.24, 2.45) is 15.2 Å². The van der Waals surface area contributed by atoms with Gasteiger partial charge < -0.3 is 25.2 Å². The van der Waals surface area contributed by atoms with Gasteiger partial charge in [0.2, 0.25) is 12.0 Å². The van der Waals surface area contributed by atoms with Crippen LogP contribution in [0, 0.1) is 11.5 Å². The molecule has 0 rings (SSSR count).